The Balaban J connectivity index is 2.52. The molecule has 0 unspecified atom stereocenters. The Bertz CT molecular complexity index is 636. The van der Waals surface area contributed by atoms with Crippen LogP contribution in [0.4, 0.5) is 0 Å². The first-order valence-corrected chi connectivity index (χ1v) is 6.43. The molecule has 0 amide bonds. The normalized spacial score (nSPS) is 10.3. The van der Waals surface area contributed by atoms with Gasteiger partial charge in [-0.25, -0.2) is 0 Å². The second-order valence-electron chi connectivity index (χ2n) is 4.13. The van der Waals surface area contributed by atoms with Gasteiger partial charge in [-0.05, 0) is 48.9 Å². The fourth-order valence-electron chi connectivity index (χ4n) is 1.88. The Labute approximate surface area is 121 Å². The fraction of sp³-hybridized carbons (Fsp3) is 0.133. The summed E-state index contributed by atoms with van der Waals surface area (Å²) in [5, 5.41) is 1.10. The van der Waals surface area contributed by atoms with E-state index in [-0.39, 0.29) is 5.78 Å². The van der Waals surface area contributed by atoms with Gasteiger partial charge >= 0.3 is 0 Å². The van der Waals surface area contributed by atoms with Crippen LogP contribution in [0.1, 0.15) is 21.5 Å². The second kappa shape index (κ2) is 5.64. The lowest BCUT2D eigenvalue weighted by atomic mass is 9.98. The van der Waals surface area contributed by atoms with Crippen molar-refractivity contribution in [2.45, 2.75) is 6.92 Å². The predicted octanol–water partition coefficient (Wildman–Crippen LogP) is 4.54. The molecule has 0 fully saturated rings. The van der Waals surface area contributed by atoms with Gasteiger partial charge in [-0.3, -0.25) is 4.79 Å². The minimum Gasteiger partial charge on any atom is -0.496 e. The summed E-state index contributed by atoms with van der Waals surface area (Å²) in [6.07, 6.45) is 0. The van der Waals surface area contributed by atoms with Gasteiger partial charge in [0.15, 0.2) is 5.78 Å². The molecule has 2 aromatic carbocycles. The Hall–Kier alpha value is -1.51. The van der Waals surface area contributed by atoms with E-state index < -0.39 is 0 Å². The second-order valence-corrected chi connectivity index (χ2v) is 5.01. The Kier molecular flexibility index (Phi) is 4.13. The number of rotatable bonds is 3. The van der Waals surface area contributed by atoms with E-state index in [1.54, 1.807) is 36.4 Å². The summed E-state index contributed by atoms with van der Waals surface area (Å²) in [5.41, 5.74) is 1.85. The first-order chi connectivity index (χ1) is 9.02. The molecule has 98 valence electrons. The number of hydrogen-bond acceptors (Lipinski definition) is 2. The zero-order chi connectivity index (χ0) is 14.0. The lowest BCUT2D eigenvalue weighted by Gasteiger charge is -2.10. The number of aryl methyl sites for hydroxylation is 1. The standard InChI is InChI=1S/C15H12Cl2O2/c1-9-7-10(16)3-5-12(9)15(18)13-8-11(17)4-6-14(13)19-2/h3-8H,1-2H3. The molecule has 0 saturated heterocycles. The molecule has 0 bridgehead atoms. The third kappa shape index (κ3) is 2.91. The van der Waals surface area contributed by atoms with Crippen LogP contribution in [0.25, 0.3) is 0 Å². The predicted molar refractivity (Wildman–Crippen MR) is 77.6 cm³/mol. The van der Waals surface area contributed by atoms with Gasteiger partial charge in [0.2, 0.25) is 0 Å². The van der Waals surface area contributed by atoms with Crippen molar-refractivity contribution in [2.75, 3.05) is 7.11 Å². The molecule has 0 saturated carbocycles. The topological polar surface area (TPSA) is 26.3 Å². The Morgan fingerprint density at radius 2 is 1.63 bits per heavy atom. The van der Waals surface area contributed by atoms with E-state index in [9.17, 15) is 4.79 Å². The number of carbonyl (C=O) groups excluding carboxylic acids is 1. The average molecular weight is 295 g/mol. The minimum atomic E-state index is -0.131. The van der Waals surface area contributed by atoms with Crippen LogP contribution in [-0.4, -0.2) is 12.9 Å². The minimum absolute atomic E-state index is 0.131. The van der Waals surface area contributed by atoms with Gasteiger partial charge in [-0.1, -0.05) is 23.2 Å². The summed E-state index contributed by atoms with van der Waals surface area (Å²) in [7, 11) is 1.52. The molecular formula is C15H12Cl2O2. The van der Waals surface area contributed by atoms with Gasteiger partial charge < -0.3 is 4.74 Å². The van der Waals surface area contributed by atoms with Crippen LogP contribution in [0.2, 0.25) is 10.0 Å². The molecule has 4 heteroatoms. The summed E-state index contributed by atoms with van der Waals surface area (Å²) in [6, 6.07) is 10.1. The van der Waals surface area contributed by atoms with Crippen LogP contribution in [0.15, 0.2) is 36.4 Å². The molecule has 0 aliphatic carbocycles. The molecule has 2 aromatic rings. The zero-order valence-electron chi connectivity index (χ0n) is 10.5. The summed E-state index contributed by atoms with van der Waals surface area (Å²) in [6.45, 7) is 1.84. The van der Waals surface area contributed by atoms with E-state index in [2.05, 4.69) is 0 Å². The molecule has 0 heterocycles. The van der Waals surface area contributed by atoms with E-state index >= 15 is 0 Å². The third-order valence-electron chi connectivity index (χ3n) is 2.84. The SMILES string of the molecule is COc1ccc(Cl)cc1C(=O)c1ccc(Cl)cc1C. The van der Waals surface area contributed by atoms with Gasteiger partial charge in [-0.2, -0.15) is 0 Å². The molecule has 0 aliphatic heterocycles. The highest BCUT2D eigenvalue weighted by molar-refractivity contribution is 6.31. The molecule has 0 atom stereocenters. The molecule has 2 nitrogen and oxygen atoms in total. The number of halogens is 2. The van der Waals surface area contributed by atoms with Crippen LogP contribution in [0.5, 0.6) is 5.75 Å². The van der Waals surface area contributed by atoms with Crippen LogP contribution >= 0.6 is 23.2 Å². The van der Waals surface area contributed by atoms with Crippen LogP contribution in [0.3, 0.4) is 0 Å². The monoisotopic (exact) mass is 294 g/mol. The first kappa shape index (κ1) is 13.9. The van der Waals surface area contributed by atoms with Gasteiger partial charge in [0, 0.05) is 15.6 Å². The number of ketones is 1. The molecule has 0 radical (unpaired) electrons. The molecule has 0 aromatic heterocycles. The smallest absolute Gasteiger partial charge is 0.197 e. The van der Waals surface area contributed by atoms with Crippen molar-refractivity contribution < 1.29 is 9.53 Å². The Morgan fingerprint density at radius 3 is 2.26 bits per heavy atom. The lowest BCUT2D eigenvalue weighted by Crippen LogP contribution is -2.06. The highest BCUT2D eigenvalue weighted by Crippen LogP contribution is 2.27. The first-order valence-electron chi connectivity index (χ1n) is 5.67. The molecule has 19 heavy (non-hydrogen) atoms. The number of carbonyl (C=O) groups is 1. The highest BCUT2D eigenvalue weighted by Gasteiger charge is 2.17. The van der Waals surface area contributed by atoms with Gasteiger partial charge in [0.1, 0.15) is 5.75 Å². The molecule has 2 rings (SSSR count). The van der Waals surface area contributed by atoms with Crippen molar-refractivity contribution in [3.8, 4) is 5.75 Å². The zero-order valence-corrected chi connectivity index (χ0v) is 12.0. The molecular weight excluding hydrogens is 283 g/mol. The van der Waals surface area contributed by atoms with Crippen molar-refractivity contribution in [3.63, 3.8) is 0 Å². The number of benzene rings is 2. The Morgan fingerprint density at radius 1 is 1.00 bits per heavy atom. The van der Waals surface area contributed by atoms with E-state index in [1.165, 1.54) is 7.11 Å². The maximum absolute atomic E-state index is 12.5. The maximum Gasteiger partial charge on any atom is 0.197 e. The maximum atomic E-state index is 12.5. The van der Waals surface area contributed by atoms with Crippen molar-refractivity contribution in [1.82, 2.24) is 0 Å². The van der Waals surface area contributed by atoms with Crippen LogP contribution < -0.4 is 4.74 Å². The quantitative estimate of drug-likeness (QED) is 0.777. The van der Waals surface area contributed by atoms with Crippen molar-refractivity contribution in [2.24, 2.45) is 0 Å². The summed E-state index contributed by atoms with van der Waals surface area (Å²) in [4.78, 5) is 12.5. The van der Waals surface area contributed by atoms with Gasteiger partial charge in [0.05, 0.1) is 12.7 Å². The highest BCUT2D eigenvalue weighted by atomic mass is 35.5. The molecule has 0 spiro atoms. The van der Waals surface area contributed by atoms with Crippen molar-refractivity contribution >= 4 is 29.0 Å². The molecule has 0 aliphatic rings. The third-order valence-corrected chi connectivity index (χ3v) is 3.31. The van der Waals surface area contributed by atoms with Gasteiger partial charge in [0.25, 0.3) is 0 Å². The van der Waals surface area contributed by atoms with Crippen molar-refractivity contribution in [1.29, 1.82) is 0 Å². The van der Waals surface area contributed by atoms with Crippen LogP contribution in [-0.2, 0) is 0 Å². The lowest BCUT2D eigenvalue weighted by molar-refractivity contribution is 0.103. The summed E-state index contributed by atoms with van der Waals surface area (Å²) in [5.74, 6) is 0.372. The summed E-state index contributed by atoms with van der Waals surface area (Å²) >= 11 is 11.8. The van der Waals surface area contributed by atoms with E-state index in [4.69, 9.17) is 27.9 Å². The average Bonchev–Trinajstić information content (AvgIpc) is 2.38. The van der Waals surface area contributed by atoms with E-state index in [0.717, 1.165) is 5.56 Å². The van der Waals surface area contributed by atoms with E-state index in [0.29, 0.717) is 26.9 Å². The number of hydrogen-bond donors (Lipinski definition) is 0. The molecule has 0 N–H and O–H groups in total. The van der Waals surface area contributed by atoms with Crippen molar-refractivity contribution in [3.05, 3.63) is 63.1 Å². The number of ether oxygens (including phenoxy) is 1. The number of methoxy groups -OCH3 is 1. The van der Waals surface area contributed by atoms with Gasteiger partial charge in [-0.15, -0.1) is 0 Å². The van der Waals surface area contributed by atoms with E-state index in [1.807, 2.05) is 6.92 Å². The van der Waals surface area contributed by atoms with Crippen LogP contribution in [0, 0.1) is 6.92 Å². The largest absolute Gasteiger partial charge is 0.496 e. The summed E-state index contributed by atoms with van der Waals surface area (Å²) < 4.78 is 5.20. The fourth-order valence-corrected chi connectivity index (χ4v) is 2.28.